The molecule has 0 aliphatic carbocycles. The van der Waals surface area contributed by atoms with Gasteiger partial charge in [-0.3, -0.25) is 0 Å². The van der Waals surface area contributed by atoms with Gasteiger partial charge in [-0.05, 0) is 6.92 Å². The summed E-state index contributed by atoms with van der Waals surface area (Å²) in [6.07, 6.45) is -1.32. The predicted molar refractivity (Wildman–Crippen MR) is 34.8 cm³/mol. The van der Waals surface area contributed by atoms with Gasteiger partial charge in [0, 0.05) is 20.5 Å². The Morgan fingerprint density at radius 3 is 2.40 bits per heavy atom. The fraction of sp³-hybridized carbons (Fsp3) is 0.833. The first-order valence-corrected chi connectivity index (χ1v) is 3.04. The Kier molecular flexibility index (Phi) is 3.15. The van der Waals surface area contributed by atoms with Crippen LogP contribution in [0.4, 0.5) is 4.79 Å². The summed E-state index contributed by atoms with van der Waals surface area (Å²) in [5.41, 5.74) is 0. The lowest BCUT2D eigenvalue weighted by Gasteiger charge is -2.22. The number of hydrogen-bond donors (Lipinski definition) is 1. The maximum absolute atomic E-state index is 9.99. The Bertz CT molecular complexity index is 119. The van der Waals surface area contributed by atoms with E-state index in [9.17, 15) is 4.79 Å². The first kappa shape index (κ1) is 9.23. The molecule has 0 aromatic heterocycles. The minimum atomic E-state index is -1.32. The van der Waals surface area contributed by atoms with Crippen molar-refractivity contribution in [3.05, 3.63) is 0 Å². The Labute approximate surface area is 59.7 Å². The van der Waals surface area contributed by atoms with Crippen molar-refractivity contribution in [2.75, 3.05) is 6.61 Å². The number of ether oxygens (including phenoxy) is 2. The normalized spacial score (nSPS) is 11.1. The summed E-state index contributed by atoms with van der Waals surface area (Å²) in [6.45, 7) is 5.29. The fourth-order valence-corrected chi connectivity index (χ4v) is 0.587. The van der Waals surface area contributed by atoms with Crippen LogP contribution in [0.2, 0.25) is 0 Å². The van der Waals surface area contributed by atoms with Gasteiger partial charge in [0.25, 0.3) is 0 Å². The SMILES string of the molecule is CCOC(C)(C)OC(=O)O. The zero-order valence-electron chi connectivity index (χ0n) is 6.38. The van der Waals surface area contributed by atoms with Crippen molar-refractivity contribution >= 4 is 6.16 Å². The molecule has 0 saturated heterocycles. The lowest BCUT2D eigenvalue weighted by Crippen LogP contribution is -2.30. The monoisotopic (exact) mass is 148 g/mol. The molecule has 4 heteroatoms. The van der Waals surface area contributed by atoms with Crippen LogP contribution in [0.25, 0.3) is 0 Å². The Morgan fingerprint density at radius 2 is 2.10 bits per heavy atom. The van der Waals surface area contributed by atoms with Gasteiger partial charge in [-0.15, -0.1) is 0 Å². The highest BCUT2D eigenvalue weighted by Crippen LogP contribution is 2.10. The summed E-state index contributed by atoms with van der Waals surface area (Å²) in [7, 11) is 0. The molecule has 0 unspecified atom stereocenters. The van der Waals surface area contributed by atoms with Crippen molar-refractivity contribution in [2.45, 2.75) is 26.6 Å². The van der Waals surface area contributed by atoms with Crippen LogP contribution >= 0.6 is 0 Å². The predicted octanol–water partition coefficient (Wildman–Crippen LogP) is 1.45. The Balaban J connectivity index is 3.74. The zero-order valence-corrected chi connectivity index (χ0v) is 6.38. The largest absolute Gasteiger partial charge is 0.508 e. The molecular formula is C6H12O4. The molecule has 4 nitrogen and oxygen atoms in total. The molecule has 0 fully saturated rings. The van der Waals surface area contributed by atoms with Gasteiger partial charge >= 0.3 is 6.16 Å². The molecule has 0 aliphatic rings. The molecule has 0 atom stereocenters. The maximum Gasteiger partial charge on any atom is 0.508 e. The van der Waals surface area contributed by atoms with E-state index in [1.54, 1.807) is 20.8 Å². The third-order valence-corrected chi connectivity index (χ3v) is 0.825. The van der Waals surface area contributed by atoms with E-state index in [-0.39, 0.29) is 0 Å². The third-order valence-electron chi connectivity index (χ3n) is 0.825. The molecular weight excluding hydrogens is 136 g/mol. The highest BCUT2D eigenvalue weighted by Gasteiger charge is 2.21. The summed E-state index contributed by atoms with van der Waals surface area (Å²) in [6, 6.07) is 0. The van der Waals surface area contributed by atoms with Crippen molar-refractivity contribution in [3.8, 4) is 0 Å². The van der Waals surface area contributed by atoms with E-state index in [4.69, 9.17) is 9.84 Å². The Hall–Kier alpha value is -0.770. The number of carboxylic acid groups (broad SMARTS) is 1. The van der Waals surface area contributed by atoms with E-state index >= 15 is 0 Å². The van der Waals surface area contributed by atoms with Crippen LogP contribution in [0.3, 0.4) is 0 Å². The smallest absolute Gasteiger partial charge is 0.450 e. The minimum Gasteiger partial charge on any atom is -0.450 e. The van der Waals surface area contributed by atoms with Crippen molar-refractivity contribution in [1.29, 1.82) is 0 Å². The van der Waals surface area contributed by atoms with Crippen LogP contribution in [0.1, 0.15) is 20.8 Å². The average molecular weight is 148 g/mol. The molecule has 0 rings (SSSR count). The van der Waals surface area contributed by atoms with Crippen LogP contribution in [0.15, 0.2) is 0 Å². The van der Waals surface area contributed by atoms with Gasteiger partial charge in [-0.2, -0.15) is 0 Å². The van der Waals surface area contributed by atoms with E-state index in [0.717, 1.165) is 0 Å². The highest BCUT2D eigenvalue weighted by atomic mass is 16.8. The second kappa shape index (κ2) is 3.41. The van der Waals surface area contributed by atoms with Crippen LogP contribution < -0.4 is 0 Å². The summed E-state index contributed by atoms with van der Waals surface area (Å²) >= 11 is 0. The number of carbonyl (C=O) groups is 1. The maximum atomic E-state index is 9.99. The molecule has 0 aliphatic heterocycles. The standard InChI is InChI=1S/C6H12O4/c1-4-9-6(2,3)10-5(7)8/h4H2,1-3H3,(H,7,8). The molecule has 0 aromatic carbocycles. The summed E-state index contributed by atoms with van der Waals surface area (Å²) in [5, 5.41) is 8.17. The lowest BCUT2D eigenvalue weighted by molar-refractivity contribution is -0.182. The highest BCUT2D eigenvalue weighted by molar-refractivity contribution is 5.57. The first-order valence-electron chi connectivity index (χ1n) is 3.04. The van der Waals surface area contributed by atoms with Crippen molar-refractivity contribution < 1.29 is 19.4 Å². The molecule has 0 spiro atoms. The van der Waals surface area contributed by atoms with Crippen LogP contribution in [0.5, 0.6) is 0 Å². The molecule has 0 heterocycles. The molecule has 0 saturated carbocycles. The second-order valence-corrected chi connectivity index (χ2v) is 2.20. The molecule has 0 bridgehead atoms. The minimum absolute atomic E-state index is 0.431. The average Bonchev–Trinajstić information content (AvgIpc) is 1.59. The van der Waals surface area contributed by atoms with E-state index < -0.39 is 11.9 Å². The zero-order chi connectivity index (χ0) is 8.20. The molecule has 0 radical (unpaired) electrons. The van der Waals surface area contributed by atoms with Gasteiger partial charge in [0.05, 0.1) is 0 Å². The van der Waals surface area contributed by atoms with Crippen molar-refractivity contribution in [3.63, 3.8) is 0 Å². The van der Waals surface area contributed by atoms with Crippen LogP contribution in [0, 0.1) is 0 Å². The topological polar surface area (TPSA) is 55.8 Å². The summed E-state index contributed by atoms with van der Waals surface area (Å²) < 4.78 is 9.31. The van der Waals surface area contributed by atoms with Gasteiger partial charge < -0.3 is 14.6 Å². The first-order chi connectivity index (χ1) is 4.48. The molecule has 60 valence electrons. The van der Waals surface area contributed by atoms with Gasteiger partial charge in [0.15, 0.2) is 0 Å². The summed E-state index contributed by atoms with van der Waals surface area (Å²) in [5.74, 6) is -1.03. The van der Waals surface area contributed by atoms with E-state index in [0.29, 0.717) is 6.61 Å². The summed E-state index contributed by atoms with van der Waals surface area (Å²) in [4.78, 5) is 9.99. The lowest BCUT2D eigenvalue weighted by atomic mass is 10.4. The van der Waals surface area contributed by atoms with Gasteiger partial charge in [0.2, 0.25) is 5.79 Å². The van der Waals surface area contributed by atoms with Crippen LogP contribution in [-0.4, -0.2) is 23.7 Å². The van der Waals surface area contributed by atoms with Gasteiger partial charge in [0.1, 0.15) is 0 Å². The molecule has 10 heavy (non-hydrogen) atoms. The molecule has 1 N–H and O–H groups in total. The van der Waals surface area contributed by atoms with E-state index in [1.807, 2.05) is 0 Å². The van der Waals surface area contributed by atoms with Crippen LogP contribution in [-0.2, 0) is 9.47 Å². The van der Waals surface area contributed by atoms with E-state index in [2.05, 4.69) is 4.74 Å². The molecule has 0 amide bonds. The van der Waals surface area contributed by atoms with Crippen molar-refractivity contribution in [1.82, 2.24) is 0 Å². The third kappa shape index (κ3) is 4.14. The van der Waals surface area contributed by atoms with Crippen molar-refractivity contribution in [2.24, 2.45) is 0 Å². The number of rotatable bonds is 3. The molecule has 0 aromatic rings. The quantitative estimate of drug-likeness (QED) is 0.486. The second-order valence-electron chi connectivity index (χ2n) is 2.20. The number of hydrogen-bond acceptors (Lipinski definition) is 3. The Morgan fingerprint density at radius 1 is 1.60 bits per heavy atom. The van der Waals surface area contributed by atoms with Gasteiger partial charge in [-0.25, -0.2) is 4.79 Å². The fourth-order valence-electron chi connectivity index (χ4n) is 0.587. The van der Waals surface area contributed by atoms with E-state index in [1.165, 1.54) is 0 Å². The van der Waals surface area contributed by atoms with Gasteiger partial charge in [-0.1, -0.05) is 0 Å².